The van der Waals surface area contributed by atoms with E-state index in [0.717, 1.165) is 30.2 Å². The fraction of sp³-hybridized carbons (Fsp3) is 0.364. The van der Waals surface area contributed by atoms with E-state index < -0.39 is 0 Å². The Balaban J connectivity index is 0.00000420. The van der Waals surface area contributed by atoms with Crippen LogP contribution in [0.3, 0.4) is 0 Å². The Kier molecular flexibility index (Phi) is 11.1. The molecule has 29 heavy (non-hydrogen) atoms. The van der Waals surface area contributed by atoms with E-state index in [1.54, 1.807) is 21.2 Å². The summed E-state index contributed by atoms with van der Waals surface area (Å²) in [6, 6.07) is 15.7. The van der Waals surface area contributed by atoms with Gasteiger partial charge in [0.2, 0.25) is 0 Å². The SMILES string of the molecule is CN=C(NCCC(C)c1ccc(OC)cc1)NCc1ccc(C(=O)NC)cc1.I. The number of nitrogens with zero attached hydrogens (tertiary/aromatic N) is 1. The molecule has 0 fully saturated rings. The Bertz CT molecular complexity index is 776. The second kappa shape index (κ2) is 13.0. The third-order valence-electron chi connectivity index (χ3n) is 4.68. The van der Waals surface area contributed by atoms with Crippen LogP contribution in [0, 0.1) is 0 Å². The number of halogens is 1. The molecule has 0 aliphatic rings. The van der Waals surface area contributed by atoms with Gasteiger partial charge in [0.1, 0.15) is 5.75 Å². The lowest BCUT2D eigenvalue weighted by Gasteiger charge is -2.15. The molecule has 0 bridgehead atoms. The molecular weight excluding hydrogens is 479 g/mol. The molecule has 158 valence electrons. The highest BCUT2D eigenvalue weighted by Gasteiger charge is 2.07. The minimum absolute atomic E-state index is 0. The zero-order valence-electron chi connectivity index (χ0n) is 17.5. The van der Waals surface area contributed by atoms with Gasteiger partial charge in [-0.1, -0.05) is 31.2 Å². The Morgan fingerprint density at radius 1 is 1.07 bits per heavy atom. The molecule has 7 heteroatoms. The second-order valence-corrected chi connectivity index (χ2v) is 6.59. The van der Waals surface area contributed by atoms with Crippen LogP contribution in [-0.4, -0.2) is 39.6 Å². The summed E-state index contributed by atoms with van der Waals surface area (Å²) in [4.78, 5) is 15.9. The molecule has 1 amide bonds. The van der Waals surface area contributed by atoms with Crippen molar-refractivity contribution in [3.05, 3.63) is 65.2 Å². The number of hydrogen-bond acceptors (Lipinski definition) is 3. The van der Waals surface area contributed by atoms with Gasteiger partial charge in [-0.25, -0.2) is 0 Å². The van der Waals surface area contributed by atoms with Crippen LogP contribution in [-0.2, 0) is 6.54 Å². The normalized spacial score (nSPS) is 11.8. The maximum atomic E-state index is 11.6. The predicted octanol–water partition coefficient (Wildman–Crippen LogP) is 3.53. The van der Waals surface area contributed by atoms with E-state index in [9.17, 15) is 4.79 Å². The third-order valence-corrected chi connectivity index (χ3v) is 4.68. The molecule has 6 nitrogen and oxygen atoms in total. The molecule has 0 aliphatic heterocycles. The zero-order valence-corrected chi connectivity index (χ0v) is 19.8. The van der Waals surface area contributed by atoms with Crippen LogP contribution in [0.5, 0.6) is 5.75 Å². The van der Waals surface area contributed by atoms with E-state index >= 15 is 0 Å². The molecule has 0 aliphatic carbocycles. The minimum Gasteiger partial charge on any atom is -0.497 e. The van der Waals surface area contributed by atoms with Gasteiger partial charge in [-0.15, -0.1) is 24.0 Å². The number of methoxy groups -OCH3 is 1. The molecule has 0 radical (unpaired) electrons. The molecular formula is C22H31IN4O2. The number of guanidine groups is 1. The number of ether oxygens (including phenoxy) is 1. The van der Waals surface area contributed by atoms with E-state index in [1.165, 1.54) is 5.56 Å². The Labute approximate surface area is 190 Å². The van der Waals surface area contributed by atoms with Gasteiger partial charge in [-0.3, -0.25) is 9.79 Å². The summed E-state index contributed by atoms with van der Waals surface area (Å²) in [6.45, 7) is 3.68. The van der Waals surface area contributed by atoms with Crippen LogP contribution < -0.4 is 20.7 Å². The summed E-state index contributed by atoms with van der Waals surface area (Å²) < 4.78 is 5.21. The van der Waals surface area contributed by atoms with Crippen LogP contribution in [0.2, 0.25) is 0 Å². The molecule has 3 N–H and O–H groups in total. The average molecular weight is 510 g/mol. The summed E-state index contributed by atoms with van der Waals surface area (Å²) >= 11 is 0. The summed E-state index contributed by atoms with van der Waals surface area (Å²) in [6.07, 6.45) is 0.994. The highest BCUT2D eigenvalue weighted by atomic mass is 127. The molecule has 0 aromatic heterocycles. The van der Waals surface area contributed by atoms with E-state index in [4.69, 9.17) is 4.74 Å². The van der Waals surface area contributed by atoms with Crippen molar-refractivity contribution in [2.45, 2.75) is 25.8 Å². The van der Waals surface area contributed by atoms with Crippen LogP contribution in [0.25, 0.3) is 0 Å². The number of hydrogen-bond donors (Lipinski definition) is 3. The molecule has 0 saturated heterocycles. The van der Waals surface area contributed by atoms with Crippen LogP contribution >= 0.6 is 24.0 Å². The number of amides is 1. The highest BCUT2D eigenvalue weighted by molar-refractivity contribution is 14.0. The Hall–Kier alpha value is -2.29. The number of nitrogens with one attached hydrogen (secondary N) is 3. The standard InChI is InChI=1S/C22H30N4O2.HI/c1-16(18-9-11-20(28-4)12-10-18)13-14-25-22(24-3)26-15-17-5-7-19(8-6-17)21(27)23-2;/h5-12,16H,13-15H2,1-4H3,(H,23,27)(H2,24,25,26);1H. The van der Waals surface area contributed by atoms with Crippen molar-refractivity contribution >= 4 is 35.8 Å². The van der Waals surface area contributed by atoms with E-state index in [0.29, 0.717) is 18.0 Å². The second-order valence-electron chi connectivity index (χ2n) is 6.59. The lowest BCUT2D eigenvalue weighted by atomic mass is 9.98. The van der Waals surface area contributed by atoms with Crippen LogP contribution in [0.15, 0.2) is 53.5 Å². The van der Waals surface area contributed by atoms with Crippen molar-refractivity contribution in [1.29, 1.82) is 0 Å². The maximum Gasteiger partial charge on any atom is 0.251 e. The first-order valence-electron chi connectivity index (χ1n) is 9.46. The van der Waals surface area contributed by atoms with Gasteiger partial charge in [0.05, 0.1) is 7.11 Å². The fourth-order valence-electron chi connectivity index (χ4n) is 2.83. The van der Waals surface area contributed by atoms with Crippen molar-refractivity contribution in [2.24, 2.45) is 4.99 Å². The summed E-state index contributed by atoms with van der Waals surface area (Å²) in [5.41, 5.74) is 3.03. The van der Waals surface area contributed by atoms with E-state index in [1.807, 2.05) is 36.4 Å². The smallest absolute Gasteiger partial charge is 0.251 e. The maximum absolute atomic E-state index is 11.6. The van der Waals surface area contributed by atoms with Crippen molar-refractivity contribution in [1.82, 2.24) is 16.0 Å². The molecule has 1 atom stereocenters. The summed E-state index contributed by atoms with van der Waals surface area (Å²) in [5.74, 6) is 2.00. The van der Waals surface area contributed by atoms with Gasteiger partial charge in [0.25, 0.3) is 5.91 Å². The lowest BCUT2D eigenvalue weighted by Crippen LogP contribution is -2.37. The fourth-order valence-corrected chi connectivity index (χ4v) is 2.83. The van der Waals surface area contributed by atoms with Crippen LogP contribution in [0.1, 0.15) is 40.7 Å². The molecule has 0 heterocycles. The van der Waals surface area contributed by atoms with E-state index in [-0.39, 0.29) is 29.9 Å². The van der Waals surface area contributed by atoms with E-state index in [2.05, 4.69) is 40.0 Å². The van der Waals surface area contributed by atoms with Crippen molar-refractivity contribution < 1.29 is 9.53 Å². The highest BCUT2D eigenvalue weighted by Crippen LogP contribution is 2.21. The molecule has 0 spiro atoms. The lowest BCUT2D eigenvalue weighted by molar-refractivity contribution is 0.0963. The number of rotatable bonds is 8. The first-order valence-corrected chi connectivity index (χ1v) is 9.46. The Morgan fingerprint density at radius 2 is 1.72 bits per heavy atom. The first-order chi connectivity index (χ1) is 13.6. The summed E-state index contributed by atoms with van der Waals surface area (Å²) in [7, 11) is 5.07. The largest absolute Gasteiger partial charge is 0.497 e. The molecule has 1 unspecified atom stereocenters. The predicted molar refractivity (Wildman–Crippen MR) is 129 cm³/mol. The van der Waals surface area contributed by atoms with Gasteiger partial charge in [0.15, 0.2) is 5.96 Å². The number of aliphatic imine (C=N–C) groups is 1. The molecule has 0 saturated carbocycles. The number of carbonyl (C=O) groups is 1. The van der Waals surface area contributed by atoms with Crippen molar-refractivity contribution in [2.75, 3.05) is 27.7 Å². The van der Waals surface area contributed by atoms with Gasteiger partial charge in [0, 0.05) is 32.7 Å². The minimum atomic E-state index is -0.0806. The van der Waals surface area contributed by atoms with Crippen LogP contribution in [0.4, 0.5) is 0 Å². The van der Waals surface area contributed by atoms with Gasteiger partial charge in [-0.2, -0.15) is 0 Å². The number of carbonyl (C=O) groups excluding carboxylic acids is 1. The van der Waals surface area contributed by atoms with Crippen molar-refractivity contribution in [3.63, 3.8) is 0 Å². The number of benzene rings is 2. The average Bonchev–Trinajstić information content (AvgIpc) is 2.75. The molecule has 2 aromatic carbocycles. The van der Waals surface area contributed by atoms with Gasteiger partial charge in [-0.05, 0) is 47.7 Å². The molecule has 2 aromatic rings. The van der Waals surface area contributed by atoms with Crippen molar-refractivity contribution in [3.8, 4) is 5.75 Å². The first kappa shape index (κ1) is 24.7. The Morgan fingerprint density at radius 3 is 2.28 bits per heavy atom. The third kappa shape index (κ3) is 7.92. The van der Waals surface area contributed by atoms with Gasteiger partial charge < -0.3 is 20.7 Å². The summed E-state index contributed by atoms with van der Waals surface area (Å²) in [5, 5.41) is 9.27. The zero-order chi connectivity index (χ0) is 20.4. The quantitative estimate of drug-likeness (QED) is 0.289. The monoisotopic (exact) mass is 510 g/mol. The van der Waals surface area contributed by atoms with Gasteiger partial charge >= 0.3 is 0 Å². The molecule has 2 rings (SSSR count). The topological polar surface area (TPSA) is 74.8 Å².